The summed E-state index contributed by atoms with van der Waals surface area (Å²) in [5.74, 6) is 0. The molecule has 0 atom stereocenters. The van der Waals surface area contributed by atoms with Crippen LogP contribution in [0.25, 0.3) is 0 Å². The largest absolute Gasteiger partial charge is 0.398 e. The van der Waals surface area contributed by atoms with E-state index < -0.39 is 10.0 Å². The number of halogens is 1. The highest BCUT2D eigenvalue weighted by Crippen LogP contribution is 2.24. The van der Waals surface area contributed by atoms with Crippen molar-refractivity contribution in [3.63, 3.8) is 0 Å². The van der Waals surface area contributed by atoms with Crippen LogP contribution >= 0.6 is 27.3 Å². The molecule has 0 aliphatic rings. The lowest BCUT2D eigenvalue weighted by molar-refractivity contribution is 0.582. The van der Waals surface area contributed by atoms with Crippen molar-refractivity contribution in [1.29, 1.82) is 0 Å². The van der Waals surface area contributed by atoms with Crippen LogP contribution in [0.3, 0.4) is 0 Å². The Morgan fingerprint density at radius 2 is 1.90 bits per heavy atom. The molecule has 2 rings (SSSR count). The predicted octanol–water partition coefficient (Wildman–Crippen LogP) is 3.23. The Kier molecular flexibility index (Phi) is 5.08. The fraction of sp³-hybridized carbons (Fsp3) is 0.286. The number of hydrogen-bond acceptors (Lipinski definition) is 4. The molecule has 0 unspecified atom stereocenters. The molecule has 1 aromatic carbocycles. The lowest BCUT2D eigenvalue weighted by Gasteiger charge is -2.11. The molecule has 0 fully saturated rings. The first-order valence-electron chi connectivity index (χ1n) is 6.40. The van der Waals surface area contributed by atoms with Gasteiger partial charge in [-0.25, -0.2) is 13.1 Å². The average Bonchev–Trinajstić information content (AvgIpc) is 2.79. The van der Waals surface area contributed by atoms with Crippen molar-refractivity contribution in [2.45, 2.75) is 25.2 Å². The lowest BCUT2D eigenvalue weighted by Crippen LogP contribution is -2.26. The van der Waals surface area contributed by atoms with Crippen molar-refractivity contribution in [1.82, 2.24) is 4.72 Å². The monoisotopic (exact) mass is 388 g/mol. The van der Waals surface area contributed by atoms with E-state index in [-0.39, 0.29) is 10.6 Å². The molecule has 0 aliphatic heterocycles. The number of benzene rings is 1. The molecule has 2 aromatic rings. The first-order valence-corrected chi connectivity index (χ1v) is 9.49. The number of anilines is 1. The third kappa shape index (κ3) is 4.06. The Morgan fingerprint density at radius 1 is 1.24 bits per heavy atom. The number of hydrogen-bond donors (Lipinski definition) is 2. The summed E-state index contributed by atoms with van der Waals surface area (Å²) in [4.78, 5) is 1.27. The van der Waals surface area contributed by atoms with Gasteiger partial charge in [0, 0.05) is 11.4 Å². The minimum Gasteiger partial charge on any atom is -0.398 e. The summed E-state index contributed by atoms with van der Waals surface area (Å²) >= 11 is 4.99. The highest BCUT2D eigenvalue weighted by Gasteiger charge is 2.18. The van der Waals surface area contributed by atoms with Crippen molar-refractivity contribution >= 4 is 43.0 Å². The molecule has 0 bridgehead atoms. The molecule has 1 aromatic heterocycles. The Balaban J connectivity index is 2.10. The first-order chi connectivity index (χ1) is 9.79. The van der Waals surface area contributed by atoms with Gasteiger partial charge in [0.25, 0.3) is 0 Å². The fourth-order valence-corrected chi connectivity index (χ4v) is 4.63. The zero-order chi connectivity index (χ0) is 15.6. The van der Waals surface area contributed by atoms with E-state index in [1.54, 1.807) is 23.5 Å². The van der Waals surface area contributed by atoms with Crippen molar-refractivity contribution in [2.75, 3.05) is 12.3 Å². The number of thiophene rings is 1. The maximum Gasteiger partial charge on any atom is 0.242 e. The van der Waals surface area contributed by atoms with Gasteiger partial charge in [0.15, 0.2) is 0 Å². The lowest BCUT2D eigenvalue weighted by atomic mass is 10.1. The van der Waals surface area contributed by atoms with Gasteiger partial charge in [-0.15, -0.1) is 11.3 Å². The number of rotatable bonds is 5. The first kappa shape index (κ1) is 16.5. The molecule has 114 valence electrons. The van der Waals surface area contributed by atoms with Gasteiger partial charge >= 0.3 is 0 Å². The van der Waals surface area contributed by atoms with E-state index in [1.807, 2.05) is 26.0 Å². The Hall–Kier alpha value is -0.890. The smallest absolute Gasteiger partial charge is 0.242 e. The van der Waals surface area contributed by atoms with Gasteiger partial charge in [-0.2, -0.15) is 0 Å². The minimum atomic E-state index is -3.58. The third-order valence-electron chi connectivity index (χ3n) is 3.21. The summed E-state index contributed by atoms with van der Waals surface area (Å²) in [5, 5.41) is 0. The average molecular weight is 389 g/mol. The molecule has 0 saturated carbocycles. The molecule has 0 spiro atoms. The number of nitrogen functional groups attached to an aromatic ring is 1. The summed E-state index contributed by atoms with van der Waals surface area (Å²) in [6, 6.07) is 7.25. The highest BCUT2D eigenvalue weighted by atomic mass is 79.9. The van der Waals surface area contributed by atoms with Crippen molar-refractivity contribution in [3.05, 3.63) is 44.1 Å². The van der Waals surface area contributed by atoms with E-state index in [2.05, 4.69) is 20.7 Å². The topological polar surface area (TPSA) is 72.2 Å². The SMILES string of the molecule is Cc1cc(N)c(S(=O)(=O)NCCc2ccc(Br)s2)cc1C. The Bertz CT molecular complexity index is 754. The minimum absolute atomic E-state index is 0.151. The van der Waals surface area contributed by atoms with Crippen molar-refractivity contribution in [3.8, 4) is 0 Å². The van der Waals surface area contributed by atoms with Gasteiger partial charge in [-0.1, -0.05) is 0 Å². The van der Waals surface area contributed by atoms with E-state index in [9.17, 15) is 8.42 Å². The third-order valence-corrected chi connectivity index (χ3v) is 6.41. The van der Waals surface area contributed by atoms with Crippen LogP contribution in [0.15, 0.2) is 32.9 Å². The molecule has 0 amide bonds. The number of sulfonamides is 1. The molecule has 21 heavy (non-hydrogen) atoms. The molecule has 3 N–H and O–H groups in total. The summed E-state index contributed by atoms with van der Waals surface area (Å²) in [7, 11) is -3.58. The molecule has 7 heteroatoms. The van der Waals surface area contributed by atoms with Crippen LogP contribution in [0.4, 0.5) is 5.69 Å². The second kappa shape index (κ2) is 6.48. The van der Waals surface area contributed by atoms with Gasteiger partial charge in [-0.05, 0) is 71.6 Å². The van der Waals surface area contributed by atoms with Gasteiger partial charge in [0.2, 0.25) is 10.0 Å². The fourth-order valence-electron chi connectivity index (χ4n) is 1.92. The van der Waals surface area contributed by atoms with Crippen LogP contribution in [0.1, 0.15) is 16.0 Å². The van der Waals surface area contributed by atoms with Gasteiger partial charge in [0.1, 0.15) is 4.90 Å². The Morgan fingerprint density at radius 3 is 2.52 bits per heavy atom. The Labute approximate surface area is 137 Å². The van der Waals surface area contributed by atoms with Crippen LogP contribution in [0, 0.1) is 13.8 Å². The maximum absolute atomic E-state index is 12.3. The van der Waals surface area contributed by atoms with Gasteiger partial charge in [0.05, 0.1) is 9.47 Å². The number of nitrogens with one attached hydrogen (secondary N) is 1. The number of aryl methyl sites for hydroxylation is 2. The maximum atomic E-state index is 12.3. The summed E-state index contributed by atoms with van der Waals surface area (Å²) < 4.78 is 28.3. The van der Waals surface area contributed by atoms with E-state index >= 15 is 0 Å². The molecule has 1 heterocycles. The quantitative estimate of drug-likeness (QED) is 0.772. The van der Waals surface area contributed by atoms with Crippen LogP contribution in [-0.4, -0.2) is 15.0 Å². The second-order valence-corrected chi connectivity index (χ2v) is 9.11. The van der Waals surface area contributed by atoms with Crippen molar-refractivity contribution < 1.29 is 8.42 Å². The predicted molar refractivity (Wildman–Crippen MR) is 91.2 cm³/mol. The normalized spacial score (nSPS) is 11.8. The van der Waals surface area contributed by atoms with Crippen molar-refractivity contribution in [2.24, 2.45) is 0 Å². The van der Waals surface area contributed by atoms with Crippen LogP contribution in [0.5, 0.6) is 0 Å². The second-order valence-electron chi connectivity index (χ2n) is 4.83. The van der Waals surface area contributed by atoms with E-state index in [0.717, 1.165) is 19.8 Å². The molecule has 0 aliphatic carbocycles. The molecule has 4 nitrogen and oxygen atoms in total. The van der Waals surface area contributed by atoms with Gasteiger partial charge < -0.3 is 5.73 Å². The van der Waals surface area contributed by atoms with E-state index in [0.29, 0.717) is 13.0 Å². The zero-order valence-electron chi connectivity index (χ0n) is 11.8. The summed E-state index contributed by atoms with van der Waals surface area (Å²) in [5.41, 5.74) is 8.01. The van der Waals surface area contributed by atoms with Crippen LogP contribution in [0.2, 0.25) is 0 Å². The summed E-state index contributed by atoms with van der Waals surface area (Å²) in [6.45, 7) is 4.13. The van der Waals surface area contributed by atoms with Crippen LogP contribution in [-0.2, 0) is 16.4 Å². The van der Waals surface area contributed by atoms with Crippen LogP contribution < -0.4 is 10.5 Å². The molecule has 0 radical (unpaired) electrons. The summed E-state index contributed by atoms with van der Waals surface area (Å²) in [6.07, 6.45) is 0.653. The number of nitrogens with two attached hydrogens (primary N) is 1. The molecular formula is C14H17BrN2O2S2. The highest BCUT2D eigenvalue weighted by molar-refractivity contribution is 9.11. The molecular weight excluding hydrogens is 372 g/mol. The van der Waals surface area contributed by atoms with Gasteiger partial charge in [-0.3, -0.25) is 0 Å². The van der Waals surface area contributed by atoms with E-state index in [1.165, 1.54) is 0 Å². The molecule has 0 saturated heterocycles. The zero-order valence-corrected chi connectivity index (χ0v) is 15.0. The standard InChI is InChI=1S/C14H17BrN2O2S2/c1-9-7-12(16)13(8-10(9)2)21(18,19)17-6-5-11-3-4-14(15)20-11/h3-4,7-8,17H,5-6,16H2,1-2H3. The van der Waals surface area contributed by atoms with E-state index in [4.69, 9.17) is 5.73 Å².